The van der Waals surface area contributed by atoms with Crippen LogP contribution in [0.4, 0.5) is 0 Å². The van der Waals surface area contributed by atoms with Crippen LogP contribution in [0.5, 0.6) is 0 Å². The number of ether oxygens (including phenoxy) is 1. The lowest BCUT2D eigenvalue weighted by molar-refractivity contribution is 0.0157. The molecule has 1 atom stereocenters. The average Bonchev–Trinajstić information content (AvgIpc) is 1.69. The molecule has 0 spiro atoms. The van der Waals surface area contributed by atoms with Gasteiger partial charge in [0.25, 0.3) is 0 Å². The fourth-order valence-corrected chi connectivity index (χ4v) is 0.741. The molecule has 0 bridgehead atoms. The fraction of sp³-hybridized carbons (Fsp3) is 1.00. The molecule has 1 aliphatic rings. The zero-order valence-corrected chi connectivity index (χ0v) is 4.31. The quantitative estimate of drug-likeness (QED) is 0.443. The van der Waals surface area contributed by atoms with Gasteiger partial charge in [0.2, 0.25) is 0 Å². The minimum atomic E-state index is -0.214. The molecule has 1 heterocycles. The van der Waals surface area contributed by atoms with Crippen molar-refractivity contribution in [2.45, 2.75) is 25.5 Å². The van der Waals surface area contributed by atoms with Gasteiger partial charge in [-0.3, -0.25) is 0 Å². The van der Waals surface area contributed by atoms with Crippen LogP contribution >= 0.6 is 0 Å². The SMILES string of the molecule is [NH]C1CCCCO1. The predicted molar refractivity (Wildman–Crippen MR) is 26.7 cm³/mol. The lowest BCUT2D eigenvalue weighted by atomic mass is 10.2. The van der Waals surface area contributed by atoms with Gasteiger partial charge in [-0.2, -0.15) is 0 Å². The van der Waals surface area contributed by atoms with Crippen molar-refractivity contribution in [3.05, 3.63) is 0 Å². The van der Waals surface area contributed by atoms with Crippen LogP contribution in [0.2, 0.25) is 0 Å². The molecule has 0 amide bonds. The van der Waals surface area contributed by atoms with Gasteiger partial charge in [0.05, 0.1) is 0 Å². The van der Waals surface area contributed by atoms with E-state index >= 15 is 0 Å². The van der Waals surface area contributed by atoms with E-state index in [2.05, 4.69) is 0 Å². The zero-order chi connectivity index (χ0) is 5.11. The van der Waals surface area contributed by atoms with Gasteiger partial charge in [-0.05, 0) is 19.3 Å². The molecule has 1 N–H and O–H groups in total. The van der Waals surface area contributed by atoms with Crippen LogP contribution in [0, 0.1) is 0 Å². The van der Waals surface area contributed by atoms with Gasteiger partial charge in [-0.15, -0.1) is 0 Å². The van der Waals surface area contributed by atoms with Gasteiger partial charge < -0.3 is 4.74 Å². The molecule has 0 aromatic rings. The molecule has 1 fully saturated rings. The Morgan fingerprint density at radius 1 is 1.43 bits per heavy atom. The second-order valence-electron chi connectivity index (χ2n) is 1.86. The highest BCUT2D eigenvalue weighted by Gasteiger charge is 2.07. The maximum Gasteiger partial charge on any atom is 0.120 e. The van der Waals surface area contributed by atoms with E-state index < -0.39 is 0 Å². The summed E-state index contributed by atoms with van der Waals surface area (Å²) in [7, 11) is 0. The van der Waals surface area contributed by atoms with Crippen LogP contribution < -0.4 is 5.73 Å². The topological polar surface area (TPSA) is 33.0 Å². The fourth-order valence-electron chi connectivity index (χ4n) is 0.741. The maximum atomic E-state index is 7.05. The molecule has 1 aliphatic heterocycles. The third-order valence-electron chi connectivity index (χ3n) is 1.18. The summed E-state index contributed by atoms with van der Waals surface area (Å²) in [5.74, 6) is 0. The largest absolute Gasteiger partial charge is 0.362 e. The Kier molecular flexibility index (Phi) is 1.65. The first-order chi connectivity index (χ1) is 3.39. The third kappa shape index (κ3) is 1.45. The van der Waals surface area contributed by atoms with Gasteiger partial charge in [0.15, 0.2) is 0 Å². The van der Waals surface area contributed by atoms with Crippen molar-refractivity contribution in [3.63, 3.8) is 0 Å². The lowest BCUT2D eigenvalue weighted by Crippen LogP contribution is -2.19. The Morgan fingerprint density at radius 3 is 2.57 bits per heavy atom. The Balaban J connectivity index is 2.12. The minimum absolute atomic E-state index is 0.214. The van der Waals surface area contributed by atoms with Crippen LogP contribution in [0.25, 0.3) is 0 Å². The summed E-state index contributed by atoms with van der Waals surface area (Å²) in [5, 5.41) is 0. The first kappa shape index (κ1) is 5.06. The van der Waals surface area contributed by atoms with Crippen LogP contribution in [0.1, 0.15) is 19.3 Å². The summed E-state index contributed by atoms with van der Waals surface area (Å²) in [6.45, 7) is 0.800. The monoisotopic (exact) mass is 100 g/mol. The first-order valence-electron chi connectivity index (χ1n) is 2.72. The highest BCUT2D eigenvalue weighted by molar-refractivity contribution is 4.53. The van der Waals surface area contributed by atoms with E-state index in [0.717, 1.165) is 19.4 Å². The van der Waals surface area contributed by atoms with Gasteiger partial charge in [-0.1, -0.05) is 0 Å². The molecule has 0 aromatic carbocycles. The highest BCUT2D eigenvalue weighted by Crippen LogP contribution is 2.08. The average molecular weight is 100 g/mol. The molecule has 1 saturated heterocycles. The molecule has 0 saturated carbocycles. The van der Waals surface area contributed by atoms with E-state index in [9.17, 15) is 0 Å². The van der Waals surface area contributed by atoms with Crippen molar-refractivity contribution < 1.29 is 4.74 Å². The predicted octanol–water partition coefficient (Wildman–Crippen LogP) is 0.796. The van der Waals surface area contributed by atoms with Gasteiger partial charge in [0, 0.05) is 6.61 Å². The molecule has 0 aromatic heterocycles. The smallest absolute Gasteiger partial charge is 0.120 e. The summed E-state index contributed by atoms with van der Waals surface area (Å²) in [5.41, 5.74) is 7.05. The van der Waals surface area contributed by atoms with Gasteiger partial charge in [-0.25, -0.2) is 5.73 Å². The van der Waals surface area contributed by atoms with Crippen LogP contribution in [0.3, 0.4) is 0 Å². The number of hydrogen-bond acceptors (Lipinski definition) is 1. The van der Waals surface area contributed by atoms with E-state index in [4.69, 9.17) is 10.5 Å². The first-order valence-corrected chi connectivity index (χ1v) is 2.72. The zero-order valence-electron chi connectivity index (χ0n) is 4.31. The summed E-state index contributed by atoms with van der Waals surface area (Å²) in [4.78, 5) is 0. The minimum Gasteiger partial charge on any atom is -0.362 e. The van der Waals surface area contributed by atoms with E-state index in [1.165, 1.54) is 6.42 Å². The number of hydrogen-bond donors (Lipinski definition) is 0. The molecule has 41 valence electrons. The van der Waals surface area contributed by atoms with E-state index in [0.29, 0.717) is 0 Å². The van der Waals surface area contributed by atoms with Crippen molar-refractivity contribution in [3.8, 4) is 0 Å². The van der Waals surface area contributed by atoms with Crippen LogP contribution in [-0.2, 0) is 4.74 Å². The summed E-state index contributed by atoms with van der Waals surface area (Å²) in [6.07, 6.45) is 3.04. The second kappa shape index (κ2) is 2.28. The molecule has 0 aliphatic carbocycles. The second-order valence-corrected chi connectivity index (χ2v) is 1.86. The standard InChI is InChI=1S/C5H10NO/c6-5-3-1-2-4-7-5/h5-6H,1-4H2. The number of rotatable bonds is 0. The molecular formula is C5H10NO. The molecule has 2 nitrogen and oxygen atoms in total. The normalized spacial score (nSPS) is 33.0. The Labute approximate surface area is 43.6 Å². The van der Waals surface area contributed by atoms with Crippen molar-refractivity contribution in [1.82, 2.24) is 5.73 Å². The van der Waals surface area contributed by atoms with E-state index in [1.807, 2.05) is 0 Å². The van der Waals surface area contributed by atoms with Crippen molar-refractivity contribution in [2.24, 2.45) is 0 Å². The molecule has 1 radical (unpaired) electrons. The van der Waals surface area contributed by atoms with Gasteiger partial charge in [0.1, 0.15) is 6.23 Å². The van der Waals surface area contributed by atoms with Crippen molar-refractivity contribution in [2.75, 3.05) is 6.61 Å². The van der Waals surface area contributed by atoms with E-state index in [1.54, 1.807) is 0 Å². The Morgan fingerprint density at radius 2 is 2.29 bits per heavy atom. The Hall–Kier alpha value is -0.0800. The Bertz CT molecular complexity index is 50.0. The molecule has 2 heteroatoms. The highest BCUT2D eigenvalue weighted by atomic mass is 16.5. The summed E-state index contributed by atoms with van der Waals surface area (Å²) < 4.78 is 4.94. The molecular weight excluding hydrogens is 90.1 g/mol. The third-order valence-corrected chi connectivity index (χ3v) is 1.18. The maximum absolute atomic E-state index is 7.05. The van der Waals surface area contributed by atoms with Crippen LogP contribution in [-0.4, -0.2) is 12.8 Å². The molecule has 7 heavy (non-hydrogen) atoms. The van der Waals surface area contributed by atoms with Crippen molar-refractivity contribution in [1.29, 1.82) is 0 Å². The molecule has 1 unspecified atom stereocenters. The van der Waals surface area contributed by atoms with E-state index in [-0.39, 0.29) is 6.23 Å². The lowest BCUT2D eigenvalue weighted by Gasteiger charge is -2.16. The molecule has 1 rings (SSSR count). The van der Waals surface area contributed by atoms with Crippen LogP contribution in [0.15, 0.2) is 0 Å². The summed E-state index contributed by atoms with van der Waals surface area (Å²) >= 11 is 0. The van der Waals surface area contributed by atoms with Crippen molar-refractivity contribution >= 4 is 0 Å². The van der Waals surface area contributed by atoms with Gasteiger partial charge >= 0.3 is 0 Å². The summed E-state index contributed by atoms with van der Waals surface area (Å²) in [6, 6.07) is 0. The number of nitrogens with one attached hydrogen (secondary N) is 1.